The van der Waals surface area contributed by atoms with Crippen LogP contribution in [0.15, 0.2) is 12.7 Å². The van der Waals surface area contributed by atoms with Crippen molar-refractivity contribution in [3.8, 4) is 0 Å². The molecule has 19 heavy (non-hydrogen) atoms. The van der Waals surface area contributed by atoms with Crippen LogP contribution in [-0.4, -0.2) is 45.1 Å². The number of H-pyrrole nitrogens is 1. The first-order valence-corrected chi connectivity index (χ1v) is 7.07. The Morgan fingerprint density at radius 1 is 1.16 bits per heavy atom. The molecule has 2 aromatic rings. The number of rotatable bonds is 2. The van der Waals surface area contributed by atoms with Crippen molar-refractivity contribution in [1.82, 2.24) is 25.3 Å². The third kappa shape index (κ3) is 1.78. The molecule has 4 rings (SSSR count). The van der Waals surface area contributed by atoms with E-state index in [0.29, 0.717) is 12.1 Å². The van der Waals surface area contributed by atoms with Crippen molar-refractivity contribution in [2.45, 2.75) is 37.8 Å². The van der Waals surface area contributed by atoms with E-state index in [1.54, 1.807) is 12.7 Å². The average Bonchev–Trinajstić information content (AvgIpc) is 3.18. The van der Waals surface area contributed by atoms with Crippen LogP contribution in [0.3, 0.4) is 0 Å². The maximum Gasteiger partial charge on any atom is 0.182 e. The van der Waals surface area contributed by atoms with Gasteiger partial charge in [-0.05, 0) is 32.2 Å². The predicted molar refractivity (Wildman–Crippen MR) is 73.1 cm³/mol. The molecule has 0 spiro atoms. The fourth-order valence-corrected chi connectivity index (χ4v) is 3.48. The summed E-state index contributed by atoms with van der Waals surface area (Å²) in [6, 6.07) is 1.17. The minimum atomic E-state index is 0.559. The molecule has 2 saturated heterocycles. The second-order valence-electron chi connectivity index (χ2n) is 5.40. The van der Waals surface area contributed by atoms with Crippen LogP contribution in [0.4, 0.5) is 5.82 Å². The lowest BCUT2D eigenvalue weighted by Crippen LogP contribution is -2.44. The highest BCUT2D eigenvalue weighted by Gasteiger charge is 2.34. The van der Waals surface area contributed by atoms with Gasteiger partial charge in [0.2, 0.25) is 0 Å². The molecule has 100 valence electrons. The number of anilines is 1. The van der Waals surface area contributed by atoms with Crippen molar-refractivity contribution in [3.63, 3.8) is 0 Å². The Hall–Kier alpha value is -1.69. The molecule has 2 aliphatic heterocycles. The normalized spacial score (nSPS) is 27.5. The van der Waals surface area contributed by atoms with E-state index < -0.39 is 0 Å². The van der Waals surface area contributed by atoms with E-state index in [0.717, 1.165) is 30.1 Å². The minimum absolute atomic E-state index is 0.559. The van der Waals surface area contributed by atoms with Gasteiger partial charge in [0.05, 0.1) is 6.33 Å². The first kappa shape index (κ1) is 11.2. The largest absolute Gasteiger partial charge is 0.350 e. The van der Waals surface area contributed by atoms with E-state index in [9.17, 15) is 0 Å². The van der Waals surface area contributed by atoms with Crippen molar-refractivity contribution < 1.29 is 0 Å². The van der Waals surface area contributed by atoms with E-state index in [2.05, 4.69) is 30.2 Å². The molecule has 2 atom stereocenters. The monoisotopic (exact) mass is 258 g/mol. The lowest BCUT2D eigenvalue weighted by atomic mass is 10.0. The first-order valence-electron chi connectivity index (χ1n) is 7.07. The molecule has 4 heterocycles. The van der Waals surface area contributed by atoms with Crippen LogP contribution in [0.5, 0.6) is 0 Å². The Balaban J connectivity index is 1.72. The number of nitrogens with one attached hydrogen (secondary N) is 2. The van der Waals surface area contributed by atoms with E-state index in [1.165, 1.54) is 25.7 Å². The highest BCUT2D eigenvalue weighted by molar-refractivity contribution is 5.83. The van der Waals surface area contributed by atoms with E-state index in [1.807, 2.05) is 0 Å². The molecule has 6 nitrogen and oxygen atoms in total. The van der Waals surface area contributed by atoms with Crippen molar-refractivity contribution in [2.24, 2.45) is 0 Å². The molecule has 2 fully saturated rings. The second kappa shape index (κ2) is 4.45. The highest BCUT2D eigenvalue weighted by Crippen LogP contribution is 2.31. The second-order valence-corrected chi connectivity index (χ2v) is 5.40. The van der Waals surface area contributed by atoms with Crippen molar-refractivity contribution in [1.29, 1.82) is 0 Å². The van der Waals surface area contributed by atoms with Crippen molar-refractivity contribution in [2.75, 3.05) is 18.0 Å². The Morgan fingerprint density at radius 3 is 3.05 bits per heavy atom. The molecular formula is C13H18N6. The van der Waals surface area contributed by atoms with Gasteiger partial charge in [0.1, 0.15) is 11.8 Å². The Labute approximate surface area is 111 Å². The molecule has 0 bridgehead atoms. The zero-order chi connectivity index (χ0) is 12.7. The van der Waals surface area contributed by atoms with Crippen LogP contribution in [-0.2, 0) is 0 Å². The fraction of sp³-hybridized carbons (Fsp3) is 0.615. The number of aromatic amines is 1. The summed E-state index contributed by atoms with van der Waals surface area (Å²) >= 11 is 0. The number of aromatic nitrogens is 4. The van der Waals surface area contributed by atoms with Gasteiger partial charge in [-0.1, -0.05) is 0 Å². The van der Waals surface area contributed by atoms with Crippen LogP contribution in [0, 0.1) is 0 Å². The third-order valence-electron chi connectivity index (χ3n) is 4.34. The minimum Gasteiger partial charge on any atom is -0.350 e. The maximum absolute atomic E-state index is 4.50. The molecule has 6 heteroatoms. The zero-order valence-corrected chi connectivity index (χ0v) is 10.8. The summed E-state index contributed by atoms with van der Waals surface area (Å²) in [6.07, 6.45) is 8.37. The van der Waals surface area contributed by atoms with Crippen LogP contribution in [0.25, 0.3) is 11.2 Å². The molecule has 2 unspecified atom stereocenters. The molecule has 0 aliphatic carbocycles. The fourth-order valence-electron chi connectivity index (χ4n) is 3.48. The van der Waals surface area contributed by atoms with Crippen LogP contribution < -0.4 is 10.2 Å². The zero-order valence-electron chi connectivity index (χ0n) is 10.8. The van der Waals surface area contributed by atoms with E-state index in [4.69, 9.17) is 0 Å². The van der Waals surface area contributed by atoms with Crippen LogP contribution in [0.2, 0.25) is 0 Å². The molecule has 2 N–H and O–H groups in total. The van der Waals surface area contributed by atoms with Gasteiger partial charge in [-0.3, -0.25) is 0 Å². The first-order chi connectivity index (χ1) is 9.43. The number of hydrogen-bond acceptors (Lipinski definition) is 5. The lowest BCUT2D eigenvalue weighted by molar-refractivity contribution is 0.481. The summed E-state index contributed by atoms with van der Waals surface area (Å²) in [6.45, 7) is 2.23. The highest BCUT2D eigenvalue weighted by atomic mass is 15.3. The third-order valence-corrected chi connectivity index (χ3v) is 4.34. The molecule has 0 aromatic carbocycles. The standard InChI is InChI=1S/C13H18N6/c1-3-9(14-5-1)10-4-2-6-19(10)13-11-12(16-7-15-11)17-8-18-13/h7-10,14H,1-6H2,(H,15,16,17,18). The van der Waals surface area contributed by atoms with Crippen LogP contribution in [0.1, 0.15) is 25.7 Å². The number of hydrogen-bond donors (Lipinski definition) is 2. The van der Waals surface area contributed by atoms with Gasteiger partial charge in [-0.25, -0.2) is 15.0 Å². The van der Waals surface area contributed by atoms with Gasteiger partial charge in [-0.15, -0.1) is 0 Å². The topological polar surface area (TPSA) is 69.7 Å². The molecule has 0 amide bonds. The summed E-state index contributed by atoms with van der Waals surface area (Å²) in [4.78, 5) is 18.5. The smallest absolute Gasteiger partial charge is 0.182 e. The van der Waals surface area contributed by atoms with Gasteiger partial charge in [-0.2, -0.15) is 0 Å². The van der Waals surface area contributed by atoms with Gasteiger partial charge in [0.25, 0.3) is 0 Å². The number of imidazole rings is 1. The molecule has 0 radical (unpaired) electrons. The van der Waals surface area contributed by atoms with E-state index in [-0.39, 0.29) is 0 Å². The summed E-state index contributed by atoms with van der Waals surface area (Å²) < 4.78 is 0. The number of nitrogens with zero attached hydrogens (tertiary/aromatic N) is 4. The lowest BCUT2D eigenvalue weighted by Gasteiger charge is -2.30. The summed E-state index contributed by atoms with van der Waals surface area (Å²) in [7, 11) is 0. The number of fused-ring (bicyclic) bond motifs is 1. The van der Waals surface area contributed by atoms with Gasteiger partial charge in [0, 0.05) is 18.6 Å². The predicted octanol–water partition coefficient (Wildman–Crippen LogP) is 1.07. The Bertz CT molecular complexity index is 573. The van der Waals surface area contributed by atoms with Gasteiger partial charge < -0.3 is 15.2 Å². The average molecular weight is 258 g/mol. The summed E-state index contributed by atoms with van der Waals surface area (Å²) in [5.74, 6) is 1.01. The molecule has 0 saturated carbocycles. The molecular weight excluding hydrogens is 240 g/mol. The quantitative estimate of drug-likeness (QED) is 0.843. The summed E-state index contributed by atoms with van der Waals surface area (Å²) in [5, 5.41) is 3.63. The Kier molecular flexibility index (Phi) is 2.61. The molecule has 2 aromatic heterocycles. The van der Waals surface area contributed by atoms with E-state index >= 15 is 0 Å². The SMILES string of the molecule is c1nc(N2CCCC2C2CCCN2)c2[nH]cnc2n1. The molecule has 2 aliphatic rings. The van der Waals surface area contributed by atoms with Gasteiger partial charge in [0.15, 0.2) is 11.5 Å². The maximum atomic E-state index is 4.50. The van der Waals surface area contributed by atoms with Crippen LogP contribution >= 0.6 is 0 Å². The summed E-state index contributed by atoms with van der Waals surface area (Å²) in [5.41, 5.74) is 1.72. The van der Waals surface area contributed by atoms with Crippen molar-refractivity contribution in [3.05, 3.63) is 12.7 Å². The van der Waals surface area contributed by atoms with Gasteiger partial charge >= 0.3 is 0 Å². The van der Waals surface area contributed by atoms with Crippen molar-refractivity contribution >= 4 is 17.0 Å². The Morgan fingerprint density at radius 2 is 2.16 bits per heavy atom.